The highest BCUT2D eigenvalue weighted by molar-refractivity contribution is 7.81. The molecule has 0 aliphatic rings. The molecule has 2 amide bonds. The fourth-order valence-corrected chi connectivity index (χ4v) is 0.495. The standard InChI is InChI=1S/C6H12N2O2S/c1-4(11)6(10)8-3-5(9)7-2/h4,11H,3H2,1-2H3,(H,7,9)(H,8,10). The van der Waals surface area contributed by atoms with Crippen LogP contribution in [0.1, 0.15) is 6.92 Å². The van der Waals surface area contributed by atoms with Crippen molar-refractivity contribution >= 4 is 24.4 Å². The average Bonchev–Trinajstić information content (AvgIpc) is 1.99. The predicted octanol–water partition coefficient (Wildman–Crippen LogP) is -0.833. The maximum absolute atomic E-state index is 10.8. The van der Waals surface area contributed by atoms with Gasteiger partial charge in [-0.1, -0.05) is 0 Å². The lowest BCUT2D eigenvalue weighted by molar-refractivity contribution is -0.125. The number of nitrogens with one attached hydrogen (secondary N) is 2. The highest BCUT2D eigenvalue weighted by atomic mass is 32.1. The van der Waals surface area contributed by atoms with Gasteiger partial charge in [0.2, 0.25) is 11.8 Å². The maximum atomic E-state index is 10.8. The van der Waals surface area contributed by atoms with E-state index in [0.717, 1.165) is 0 Å². The Labute approximate surface area is 71.1 Å². The second-order valence-electron chi connectivity index (χ2n) is 2.07. The first-order chi connectivity index (χ1) is 5.07. The van der Waals surface area contributed by atoms with Crippen molar-refractivity contribution in [2.45, 2.75) is 12.2 Å². The molecule has 0 aromatic carbocycles. The number of likely N-dealkylation sites (N-methyl/N-ethyl adjacent to an activating group) is 1. The maximum Gasteiger partial charge on any atom is 0.239 e. The van der Waals surface area contributed by atoms with Crippen molar-refractivity contribution in [2.75, 3.05) is 13.6 Å². The summed E-state index contributed by atoms with van der Waals surface area (Å²) in [4.78, 5) is 21.4. The largest absolute Gasteiger partial charge is 0.358 e. The second-order valence-corrected chi connectivity index (χ2v) is 2.84. The van der Waals surface area contributed by atoms with E-state index in [1.54, 1.807) is 6.92 Å². The lowest BCUT2D eigenvalue weighted by atomic mass is 10.4. The van der Waals surface area contributed by atoms with Crippen LogP contribution >= 0.6 is 12.6 Å². The van der Waals surface area contributed by atoms with Crippen LogP contribution in [0.25, 0.3) is 0 Å². The fraction of sp³-hybridized carbons (Fsp3) is 0.667. The zero-order valence-electron chi connectivity index (χ0n) is 6.55. The third-order valence-corrected chi connectivity index (χ3v) is 1.32. The van der Waals surface area contributed by atoms with Crippen molar-refractivity contribution in [1.82, 2.24) is 10.6 Å². The molecule has 0 spiro atoms. The Morgan fingerprint density at radius 1 is 1.55 bits per heavy atom. The Morgan fingerprint density at radius 2 is 2.09 bits per heavy atom. The Hall–Kier alpha value is -0.710. The first kappa shape index (κ1) is 10.3. The number of hydrogen-bond acceptors (Lipinski definition) is 3. The first-order valence-corrected chi connectivity index (χ1v) is 3.76. The summed E-state index contributed by atoms with van der Waals surface area (Å²) in [5.41, 5.74) is 0. The molecule has 0 fully saturated rings. The summed E-state index contributed by atoms with van der Waals surface area (Å²) in [6.45, 7) is 1.66. The number of amides is 2. The molecule has 1 unspecified atom stereocenters. The van der Waals surface area contributed by atoms with Crippen molar-refractivity contribution < 1.29 is 9.59 Å². The Morgan fingerprint density at radius 3 is 2.45 bits per heavy atom. The summed E-state index contributed by atoms with van der Waals surface area (Å²) in [6, 6.07) is 0. The molecular weight excluding hydrogens is 164 g/mol. The van der Waals surface area contributed by atoms with Crippen LogP contribution in [0.4, 0.5) is 0 Å². The van der Waals surface area contributed by atoms with E-state index in [1.165, 1.54) is 7.05 Å². The highest BCUT2D eigenvalue weighted by Gasteiger charge is 2.07. The van der Waals surface area contributed by atoms with Crippen LogP contribution < -0.4 is 10.6 Å². The normalized spacial score (nSPS) is 11.9. The smallest absolute Gasteiger partial charge is 0.239 e. The van der Waals surface area contributed by atoms with Crippen LogP contribution in [-0.4, -0.2) is 30.7 Å². The summed E-state index contributed by atoms with van der Waals surface area (Å²) < 4.78 is 0. The summed E-state index contributed by atoms with van der Waals surface area (Å²) in [5, 5.41) is 4.41. The minimum atomic E-state index is -0.375. The zero-order valence-corrected chi connectivity index (χ0v) is 7.44. The van der Waals surface area contributed by atoms with Gasteiger partial charge in [0.25, 0.3) is 0 Å². The summed E-state index contributed by atoms with van der Waals surface area (Å²) in [5.74, 6) is -0.454. The molecule has 4 nitrogen and oxygen atoms in total. The Bertz CT molecular complexity index is 159. The molecular formula is C6H12N2O2S. The quantitative estimate of drug-likeness (QED) is 0.491. The van der Waals surface area contributed by atoms with Gasteiger partial charge in [0.05, 0.1) is 11.8 Å². The van der Waals surface area contributed by atoms with E-state index in [0.29, 0.717) is 0 Å². The van der Waals surface area contributed by atoms with Gasteiger partial charge in [0.15, 0.2) is 0 Å². The molecule has 1 atom stereocenters. The van der Waals surface area contributed by atoms with E-state index in [9.17, 15) is 9.59 Å². The van der Waals surface area contributed by atoms with Gasteiger partial charge in [-0.05, 0) is 6.92 Å². The van der Waals surface area contributed by atoms with Crippen molar-refractivity contribution in [3.8, 4) is 0 Å². The molecule has 0 heterocycles. The predicted molar refractivity (Wildman–Crippen MR) is 45.5 cm³/mol. The van der Waals surface area contributed by atoms with Gasteiger partial charge in [-0.15, -0.1) is 0 Å². The van der Waals surface area contributed by atoms with Crippen molar-refractivity contribution in [3.05, 3.63) is 0 Å². The highest BCUT2D eigenvalue weighted by Crippen LogP contribution is 1.89. The monoisotopic (exact) mass is 176 g/mol. The molecule has 0 bridgehead atoms. The molecule has 0 radical (unpaired) electrons. The van der Waals surface area contributed by atoms with Gasteiger partial charge in [0, 0.05) is 7.05 Å². The minimum Gasteiger partial charge on any atom is -0.358 e. The lowest BCUT2D eigenvalue weighted by Crippen LogP contribution is -2.38. The second kappa shape index (κ2) is 5.01. The number of carbonyl (C=O) groups excluding carboxylic acids is 2. The van der Waals surface area contributed by atoms with Gasteiger partial charge in [-0.25, -0.2) is 0 Å². The molecule has 11 heavy (non-hydrogen) atoms. The number of carbonyl (C=O) groups is 2. The molecule has 0 aliphatic carbocycles. The van der Waals surface area contributed by atoms with Crippen molar-refractivity contribution in [1.29, 1.82) is 0 Å². The molecule has 0 saturated heterocycles. The third-order valence-electron chi connectivity index (χ3n) is 1.08. The molecule has 0 aliphatic heterocycles. The first-order valence-electron chi connectivity index (χ1n) is 3.24. The van der Waals surface area contributed by atoms with Crippen LogP contribution in [-0.2, 0) is 9.59 Å². The average molecular weight is 176 g/mol. The lowest BCUT2D eigenvalue weighted by Gasteiger charge is -2.05. The summed E-state index contributed by atoms with van der Waals surface area (Å²) >= 11 is 3.88. The molecule has 64 valence electrons. The molecule has 0 aromatic heterocycles. The third kappa shape index (κ3) is 4.66. The molecule has 2 N–H and O–H groups in total. The van der Waals surface area contributed by atoms with Crippen LogP contribution in [0.5, 0.6) is 0 Å². The Balaban J connectivity index is 3.54. The molecule has 0 aromatic rings. The molecule has 0 rings (SSSR count). The van der Waals surface area contributed by atoms with Gasteiger partial charge < -0.3 is 10.6 Å². The van der Waals surface area contributed by atoms with E-state index >= 15 is 0 Å². The van der Waals surface area contributed by atoms with Crippen LogP contribution in [0.2, 0.25) is 0 Å². The number of thiol groups is 1. The van der Waals surface area contributed by atoms with Gasteiger partial charge in [0.1, 0.15) is 0 Å². The number of rotatable bonds is 3. The van der Waals surface area contributed by atoms with Crippen molar-refractivity contribution in [3.63, 3.8) is 0 Å². The van der Waals surface area contributed by atoms with Crippen LogP contribution in [0.3, 0.4) is 0 Å². The SMILES string of the molecule is CNC(=O)CNC(=O)C(C)S. The van der Waals surface area contributed by atoms with Crippen LogP contribution in [0, 0.1) is 0 Å². The molecule has 5 heteroatoms. The number of hydrogen-bond donors (Lipinski definition) is 3. The Kier molecular flexibility index (Phi) is 4.69. The van der Waals surface area contributed by atoms with Crippen LogP contribution in [0.15, 0.2) is 0 Å². The zero-order chi connectivity index (χ0) is 8.85. The van der Waals surface area contributed by atoms with E-state index < -0.39 is 0 Å². The van der Waals surface area contributed by atoms with Gasteiger partial charge in [-0.3, -0.25) is 9.59 Å². The van der Waals surface area contributed by atoms with Gasteiger partial charge in [-0.2, -0.15) is 12.6 Å². The fourth-order valence-electron chi connectivity index (χ4n) is 0.403. The van der Waals surface area contributed by atoms with E-state index in [4.69, 9.17) is 0 Å². The molecule has 0 saturated carbocycles. The summed E-state index contributed by atoms with van der Waals surface area (Å²) in [7, 11) is 1.51. The minimum absolute atomic E-state index is 0.0141. The van der Waals surface area contributed by atoms with E-state index in [1.807, 2.05) is 0 Å². The van der Waals surface area contributed by atoms with Gasteiger partial charge >= 0.3 is 0 Å². The van der Waals surface area contributed by atoms with E-state index in [2.05, 4.69) is 23.3 Å². The van der Waals surface area contributed by atoms with E-state index in [-0.39, 0.29) is 23.6 Å². The van der Waals surface area contributed by atoms with Crippen molar-refractivity contribution in [2.24, 2.45) is 0 Å². The summed E-state index contributed by atoms with van der Waals surface area (Å²) in [6.07, 6.45) is 0. The topological polar surface area (TPSA) is 58.2 Å².